The Hall–Kier alpha value is -2.37. The summed E-state index contributed by atoms with van der Waals surface area (Å²) in [5.74, 6) is 0.909. The highest BCUT2D eigenvalue weighted by atomic mass is 79.9. The van der Waals surface area contributed by atoms with E-state index in [2.05, 4.69) is 92.5 Å². The number of hydrogen-bond donors (Lipinski definition) is 2. The molecule has 4 rings (SSSR count). The van der Waals surface area contributed by atoms with Crippen LogP contribution in [0.25, 0.3) is 22.0 Å². The second kappa shape index (κ2) is 9.22. The summed E-state index contributed by atoms with van der Waals surface area (Å²) in [4.78, 5) is 4.49. The fraction of sp³-hybridized carbons (Fsp3) is 0.130. The Balaban J connectivity index is 1.43. The average molecular weight is 453 g/mol. The molecular weight excluding hydrogens is 432 g/mol. The van der Waals surface area contributed by atoms with Crippen LogP contribution in [0.2, 0.25) is 0 Å². The number of H-pyrrole nitrogens is 1. The van der Waals surface area contributed by atoms with Crippen molar-refractivity contribution in [3.63, 3.8) is 0 Å². The molecule has 0 aliphatic rings. The first-order chi connectivity index (χ1) is 13.8. The molecule has 0 bridgehead atoms. The monoisotopic (exact) mass is 452 g/mol. The molecule has 0 saturated carbocycles. The minimum absolute atomic E-state index is 0.733. The number of benzene rings is 3. The van der Waals surface area contributed by atoms with E-state index in [4.69, 9.17) is 4.74 Å². The number of hydrogen-bond acceptors (Lipinski definition) is 3. The van der Waals surface area contributed by atoms with Crippen LogP contribution in [0.5, 0.6) is 5.75 Å². The van der Waals surface area contributed by atoms with Crippen molar-refractivity contribution in [1.82, 2.24) is 4.98 Å². The topological polar surface area (TPSA) is 37.0 Å². The van der Waals surface area contributed by atoms with Crippen LogP contribution in [-0.2, 0) is 0 Å². The standard InChI is InChI=1S/C23H21BrN2OS/c24-13-4-14-27-19-9-11-20(12-10-19)28-26-18-6-3-5-17(15-18)22-16-25-23-8-2-1-7-21(22)23/h1-3,5-12,15-16,25-26H,4,13-14H2. The van der Waals surface area contributed by atoms with Crippen molar-refractivity contribution >= 4 is 44.5 Å². The minimum Gasteiger partial charge on any atom is -0.494 e. The lowest BCUT2D eigenvalue weighted by Gasteiger charge is -2.09. The maximum Gasteiger partial charge on any atom is 0.119 e. The number of aromatic nitrogens is 1. The van der Waals surface area contributed by atoms with Gasteiger partial charge in [-0.25, -0.2) is 0 Å². The van der Waals surface area contributed by atoms with Crippen molar-refractivity contribution in [2.45, 2.75) is 11.3 Å². The summed E-state index contributed by atoms with van der Waals surface area (Å²) >= 11 is 5.01. The smallest absolute Gasteiger partial charge is 0.119 e. The molecule has 28 heavy (non-hydrogen) atoms. The molecule has 1 aromatic heterocycles. The highest BCUT2D eigenvalue weighted by Crippen LogP contribution is 2.31. The molecule has 0 fully saturated rings. The molecule has 0 atom stereocenters. The van der Waals surface area contributed by atoms with Gasteiger partial charge in [0.15, 0.2) is 0 Å². The van der Waals surface area contributed by atoms with Crippen LogP contribution in [0.15, 0.2) is 83.9 Å². The van der Waals surface area contributed by atoms with Crippen molar-refractivity contribution in [2.75, 3.05) is 16.7 Å². The van der Waals surface area contributed by atoms with Crippen molar-refractivity contribution in [1.29, 1.82) is 0 Å². The molecular formula is C23H21BrN2OS. The van der Waals surface area contributed by atoms with Crippen molar-refractivity contribution in [3.05, 3.63) is 79.0 Å². The second-order valence-electron chi connectivity index (χ2n) is 6.40. The highest BCUT2D eigenvalue weighted by Gasteiger charge is 2.06. The molecule has 5 heteroatoms. The van der Waals surface area contributed by atoms with Gasteiger partial charge in [0.05, 0.1) is 6.61 Å². The van der Waals surface area contributed by atoms with Gasteiger partial charge in [-0.05, 0) is 66.4 Å². The Morgan fingerprint density at radius 2 is 1.82 bits per heavy atom. The van der Waals surface area contributed by atoms with Crippen molar-refractivity contribution in [2.24, 2.45) is 0 Å². The molecule has 2 N–H and O–H groups in total. The van der Waals surface area contributed by atoms with E-state index in [9.17, 15) is 0 Å². The van der Waals surface area contributed by atoms with Crippen LogP contribution >= 0.6 is 27.9 Å². The lowest BCUT2D eigenvalue weighted by Crippen LogP contribution is -1.97. The zero-order chi connectivity index (χ0) is 19.2. The zero-order valence-corrected chi connectivity index (χ0v) is 17.7. The largest absolute Gasteiger partial charge is 0.494 e. The van der Waals surface area contributed by atoms with E-state index in [0.29, 0.717) is 0 Å². The minimum atomic E-state index is 0.733. The van der Waals surface area contributed by atoms with Crippen molar-refractivity contribution < 1.29 is 4.74 Å². The number of anilines is 1. The quantitative estimate of drug-likeness (QED) is 0.169. The first-order valence-corrected chi connectivity index (χ1v) is 11.2. The van der Waals surface area contributed by atoms with Crippen LogP contribution < -0.4 is 9.46 Å². The van der Waals surface area contributed by atoms with E-state index in [1.165, 1.54) is 16.5 Å². The summed E-state index contributed by atoms with van der Waals surface area (Å²) in [5, 5.41) is 2.20. The van der Waals surface area contributed by atoms with Crippen LogP contribution in [0.3, 0.4) is 0 Å². The Kier molecular flexibility index (Phi) is 6.24. The second-order valence-corrected chi connectivity index (χ2v) is 8.07. The lowest BCUT2D eigenvalue weighted by atomic mass is 10.0. The van der Waals surface area contributed by atoms with Gasteiger partial charge in [0, 0.05) is 38.6 Å². The molecule has 142 valence electrons. The number of rotatable bonds is 8. The summed E-state index contributed by atoms with van der Waals surface area (Å²) in [6, 6.07) is 25.0. The molecule has 3 nitrogen and oxygen atoms in total. The number of nitrogens with one attached hydrogen (secondary N) is 2. The van der Waals surface area contributed by atoms with E-state index < -0.39 is 0 Å². The number of para-hydroxylation sites is 1. The van der Waals surface area contributed by atoms with Gasteiger partial charge in [0.2, 0.25) is 0 Å². The molecule has 1 heterocycles. The Morgan fingerprint density at radius 3 is 2.68 bits per heavy atom. The molecule has 4 aromatic rings. The summed E-state index contributed by atoms with van der Waals surface area (Å²) < 4.78 is 9.14. The summed E-state index contributed by atoms with van der Waals surface area (Å²) in [6.07, 6.45) is 3.08. The first kappa shape index (κ1) is 19.0. The molecule has 0 radical (unpaired) electrons. The average Bonchev–Trinajstić information content (AvgIpc) is 3.18. The summed E-state index contributed by atoms with van der Waals surface area (Å²) in [7, 11) is 0. The third-order valence-corrected chi connectivity index (χ3v) is 5.83. The molecule has 0 unspecified atom stereocenters. The number of aromatic amines is 1. The molecule has 0 aliphatic carbocycles. The maximum atomic E-state index is 5.69. The summed E-state index contributed by atoms with van der Waals surface area (Å²) in [5.41, 5.74) is 4.64. The SMILES string of the molecule is BrCCCOc1ccc(SNc2cccc(-c3c[nH]c4ccccc34)c2)cc1. The predicted molar refractivity (Wildman–Crippen MR) is 124 cm³/mol. The Morgan fingerprint density at radius 1 is 0.964 bits per heavy atom. The van der Waals surface area contributed by atoms with Gasteiger partial charge in [0.25, 0.3) is 0 Å². The van der Waals surface area contributed by atoms with Crippen LogP contribution in [0, 0.1) is 0 Å². The van der Waals surface area contributed by atoms with Gasteiger partial charge in [-0.1, -0.05) is 46.3 Å². The highest BCUT2D eigenvalue weighted by molar-refractivity contribution is 9.09. The number of alkyl halides is 1. The van der Waals surface area contributed by atoms with Gasteiger partial charge in [-0.2, -0.15) is 0 Å². The fourth-order valence-electron chi connectivity index (χ4n) is 3.03. The maximum absolute atomic E-state index is 5.69. The fourth-order valence-corrected chi connectivity index (χ4v) is 3.89. The van der Waals surface area contributed by atoms with Crippen LogP contribution in [-0.4, -0.2) is 16.9 Å². The van der Waals surface area contributed by atoms with Gasteiger partial charge >= 0.3 is 0 Å². The molecule has 0 amide bonds. The van der Waals surface area contributed by atoms with Gasteiger partial charge < -0.3 is 14.4 Å². The van der Waals surface area contributed by atoms with Crippen LogP contribution in [0.1, 0.15) is 6.42 Å². The number of halogens is 1. The number of fused-ring (bicyclic) bond motifs is 1. The lowest BCUT2D eigenvalue weighted by molar-refractivity contribution is 0.319. The van der Waals surface area contributed by atoms with Gasteiger partial charge in [-0.15, -0.1) is 0 Å². The van der Waals surface area contributed by atoms with Gasteiger partial charge in [0.1, 0.15) is 5.75 Å². The molecule has 0 spiro atoms. The van der Waals surface area contributed by atoms with E-state index in [0.717, 1.165) is 40.2 Å². The summed E-state index contributed by atoms with van der Waals surface area (Å²) in [6.45, 7) is 0.733. The van der Waals surface area contributed by atoms with Gasteiger partial charge in [-0.3, -0.25) is 0 Å². The van der Waals surface area contributed by atoms with Crippen LogP contribution in [0.4, 0.5) is 5.69 Å². The van der Waals surface area contributed by atoms with E-state index in [1.54, 1.807) is 11.9 Å². The normalized spacial score (nSPS) is 10.9. The van der Waals surface area contributed by atoms with E-state index in [-0.39, 0.29) is 0 Å². The Bertz CT molecular complexity index is 1050. The van der Waals surface area contributed by atoms with E-state index in [1.807, 2.05) is 12.1 Å². The molecule has 0 saturated heterocycles. The predicted octanol–water partition coefficient (Wildman–Crippen LogP) is 7.12. The first-order valence-electron chi connectivity index (χ1n) is 9.22. The molecule has 3 aromatic carbocycles. The Labute approximate surface area is 177 Å². The third kappa shape index (κ3) is 4.54. The number of ether oxygens (including phenoxy) is 1. The zero-order valence-electron chi connectivity index (χ0n) is 15.3. The van der Waals surface area contributed by atoms with Crippen molar-refractivity contribution in [3.8, 4) is 16.9 Å². The molecule has 0 aliphatic heterocycles. The third-order valence-electron chi connectivity index (χ3n) is 4.42. The van der Waals surface area contributed by atoms with E-state index >= 15 is 0 Å².